The van der Waals surface area contributed by atoms with Crippen molar-refractivity contribution in [3.63, 3.8) is 0 Å². The molecule has 0 bridgehead atoms. The molecule has 2 heteroatoms. The molecule has 0 spiro atoms. The molecule has 0 aliphatic rings. The van der Waals surface area contributed by atoms with E-state index in [4.69, 9.17) is 0 Å². The van der Waals surface area contributed by atoms with Crippen LogP contribution in [0.2, 0.25) is 0 Å². The standard InChI is InChI=1S/C9H12N2/c1-3-8(2)6-9-7-10-4-5-11-9/h3-5,7H,6H2,1-2H3/b8-3+. The zero-order chi connectivity index (χ0) is 8.10. The van der Waals surface area contributed by atoms with Crippen molar-refractivity contribution in [3.05, 3.63) is 35.9 Å². The highest BCUT2D eigenvalue weighted by Crippen LogP contribution is 2.01. The van der Waals surface area contributed by atoms with Crippen molar-refractivity contribution in [1.82, 2.24) is 9.97 Å². The van der Waals surface area contributed by atoms with Crippen LogP contribution in [0, 0.1) is 0 Å². The first-order valence-electron chi connectivity index (χ1n) is 3.69. The Balaban J connectivity index is 2.65. The van der Waals surface area contributed by atoms with Crippen LogP contribution in [0.25, 0.3) is 0 Å². The van der Waals surface area contributed by atoms with E-state index in [1.165, 1.54) is 5.57 Å². The van der Waals surface area contributed by atoms with E-state index in [1.54, 1.807) is 18.6 Å². The van der Waals surface area contributed by atoms with Crippen LogP contribution in [-0.2, 0) is 6.42 Å². The monoisotopic (exact) mass is 148 g/mol. The summed E-state index contributed by atoms with van der Waals surface area (Å²) in [6, 6.07) is 0. The van der Waals surface area contributed by atoms with Crippen molar-refractivity contribution in [3.8, 4) is 0 Å². The van der Waals surface area contributed by atoms with Gasteiger partial charge in [-0.2, -0.15) is 0 Å². The van der Waals surface area contributed by atoms with E-state index >= 15 is 0 Å². The molecule has 0 aromatic carbocycles. The molecule has 0 saturated heterocycles. The highest BCUT2D eigenvalue weighted by molar-refractivity contribution is 5.08. The Morgan fingerprint density at radius 2 is 2.36 bits per heavy atom. The van der Waals surface area contributed by atoms with Gasteiger partial charge in [-0.15, -0.1) is 0 Å². The Hall–Kier alpha value is -1.18. The Labute approximate surface area is 67.0 Å². The Morgan fingerprint density at radius 1 is 1.55 bits per heavy atom. The van der Waals surface area contributed by atoms with Gasteiger partial charge >= 0.3 is 0 Å². The first kappa shape index (κ1) is 7.92. The van der Waals surface area contributed by atoms with Crippen LogP contribution in [0.15, 0.2) is 30.2 Å². The van der Waals surface area contributed by atoms with Crippen molar-refractivity contribution in [2.24, 2.45) is 0 Å². The fourth-order valence-electron chi connectivity index (χ4n) is 0.809. The zero-order valence-electron chi connectivity index (χ0n) is 6.91. The van der Waals surface area contributed by atoms with Gasteiger partial charge in [-0.05, 0) is 13.8 Å². The predicted molar refractivity (Wildman–Crippen MR) is 45.2 cm³/mol. The molecule has 1 rings (SSSR count). The molecule has 0 atom stereocenters. The molecule has 0 saturated carbocycles. The molecule has 0 fully saturated rings. The average Bonchev–Trinajstić information content (AvgIpc) is 2.06. The molecular formula is C9H12N2. The quantitative estimate of drug-likeness (QED) is 0.599. The van der Waals surface area contributed by atoms with E-state index in [0.29, 0.717) is 0 Å². The minimum Gasteiger partial charge on any atom is -0.261 e. The van der Waals surface area contributed by atoms with E-state index in [9.17, 15) is 0 Å². The lowest BCUT2D eigenvalue weighted by atomic mass is 10.2. The summed E-state index contributed by atoms with van der Waals surface area (Å²) >= 11 is 0. The molecular weight excluding hydrogens is 136 g/mol. The molecule has 0 N–H and O–H groups in total. The second kappa shape index (κ2) is 3.86. The van der Waals surface area contributed by atoms with Crippen LogP contribution < -0.4 is 0 Å². The van der Waals surface area contributed by atoms with Gasteiger partial charge in [0.25, 0.3) is 0 Å². The smallest absolute Gasteiger partial charge is 0.0626 e. The molecule has 0 amide bonds. The highest BCUT2D eigenvalue weighted by Gasteiger charge is 1.92. The summed E-state index contributed by atoms with van der Waals surface area (Å²) in [5.41, 5.74) is 2.36. The number of hydrogen-bond acceptors (Lipinski definition) is 2. The first-order valence-corrected chi connectivity index (χ1v) is 3.69. The molecule has 0 aliphatic heterocycles. The van der Waals surface area contributed by atoms with E-state index in [0.717, 1.165) is 12.1 Å². The molecule has 0 aliphatic carbocycles. The van der Waals surface area contributed by atoms with Crippen LogP contribution in [0.1, 0.15) is 19.5 Å². The van der Waals surface area contributed by atoms with Crippen molar-refractivity contribution in [1.29, 1.82) is 0 Å². The summed E-state index contributed by atoms with van der Waals surface area (Å²) in [6.07, 6.45) is 8.21. The molecule has 0 radical (unpaired) electrons. The SMILES string of the molecule is C/C=C(\C)Cc1cnccn1. The summed E-state index contributed by atoms with van der Waals surface area (Å²) in [7, 11) is 0. The Morgan fingerprint density at radius 3 is 2.91 bits per heavy atom. The third-order valence-electron chi connectivity index (χ3n) is 1.57. The Bertz CT molecular complexity index is 239. The maximum Gasteiger partial charge on any atom is 0.0626 e. The molecule has 0 unspecified atom stereocenters. The minimum absolute atomic E-state index is 0.907. The fourth-order valence-corrected chi connectivity index (χ4v) is 0.809. The molecule has 58 valence electrons. The highest BCUT2D eigenvalue weighted by atomic mass is 14.8. The van der Waals surface area contributed by atoms with E-state index in [2.05, 4.69) is 23.0 Å². The van der Waals surface area contributed by atoms with Crippen molar-refractivity contribution in [2.75, 3.05) is 0 Å². The maximum absolute atomic E-state index is 4.16. The third kappa shape index (κ3) is 2.50. The van der Waals surface area contributed by atoms with Crippen LogP contribution in [0.5, 0.6) is 0 Å². The van der Waals surface area contributed by atoms with E-state index < -0.39 is 0 Å². The lowest BCUT2D eigenvalue weighted by Crippen LogP contribution is -1.90. The van der Waals surface area contributed by atoms with Gasteiger partial charge in [0.05, 0.1) is 5.69 Å². The van der Waals surface area contributed by atoms with Gasteiger partial charge in [0, 0.05) is 25.0 Å². The zero-order valence-corrected chi connectivity index (χ0v) is 6.91. The van der Waals surface area contributed by atoms with Gasteiger partial charge in [-0.3, -0.25) is 9.97 Å². The summed E-state index contributed by atoms with van der Waals surface area (Å²) < 4.78 is 0. The second-order valence-electron chi connectivity index (χ2n) is 2.51. The van der Waals surface area contributed by atoms with Crippen molar-refractivity contribution >= 4 is 0 Å². The summed E-state index contributed by atoms with van der Waals surface area (Å²) in [5, 5.41) is 0. The predicted octanol–water partition coefficient (Wildman–Crippen LogP) is 1.99. The van der Waals surface area contributed by atoms with Gasteiger partial charge < -0.3 is 0 Å². The second-order valence-corrected chi connectivity index (χ2v) is 2.51. The van der Waals surface area contributed by atoms with Gasteiger partial charge in [-0.1, -0.05) is 11.6 Å². The average molecular weight is 148 g/mol. The van der Waals surface area contributed by atoms with E-state index in [-0.39, 0.29) is 0 Å². The minimum atomic E-state index is 0.907. The number of hydrogen-bond donors (Lipinski definition) is 0. The van der Waals surface area contributed by atoms with Gasteiger partial charge in [0.15, 0.2) is 0 Å². The molecule has 1 aromatic rings. The summed E-state index contributed by atoms with van der Waals surface area (Å²) in [4.78, 5) is 8.15. The third-order valence-corrected chi connectivity index (χ3v) is 1.57. The normalized spacial score (nSPS) is 11.6. The molecule has 1 aromatic heterocycles. The lowest BCUT2D eigenvalue weighted by Gasteiger charge is -1.97. The topological polar surface area (TPSA) is 25.8 Å². The number of nitrogens with zero attached hydrogens (tertiary/aromatic N) is 2. The Kier molecular flexibility index (Phi) is 2.78. The summed E-state index contributed by atoms with van der Waals surface area (Å²) in [6.45, 7) is 4.13. The first-order chi connectivity index (χ1) is 5.33. The van der Waals surface area contributed by atoms with Gasteiger partial charge in [-0.25, -0.2) is 0 Å². The lowest BCUT2D eigenvalue weighted by molar-refractivity contribution is 1.01. The van der Waals surface area contributed by atoms with Crippen LogP contribution in [0.3, 0.4) is 0 Å². The maximum atomic E-state index is 4.16. The van der Waals surface area contributed by atoms with Crippen LogP contribution >= 0.6 is 0 Å². The number of rotatable bonds is 2. The van der Waals surface area contributed by atoms with Gasteiger partial charge in [0.2, 0.25) is 0 Å². The molecule has 1 heterocycles. The van der Waals surface area contributed by atoms with Crippen molar-refractivity contribution < 1.29 is 0 Å². The summed E-state index contributed by atoms with van der Waals surface area (Å²) in [5.74, 6) is 0. The van der Waals surface area contributed by atoms with Crippen molar-refractivity contribution in [2.45, 2.75) is 20.3 Å². The fraction of sp³-hybridized carbons (Fsp3) is 0.333. The number of aromatic nitrogens is 2. The number of allylic oxidation sites excluding steroid dienone is 2. The van der Waals surface area contributed by atoms with E-state index in [1.807, 2.05) is 6.92 Å². The van der Waals surface area contributed by atoms with Crippen LogP contribution in [-0.4, -0.2) is 9.97 Å². The largest absolute Gasteiger partial charge is 0.261 e. The molecule has 2 nitrogen and oxygen atoms in total. The van der Waals surface area contributed by atoms with Gasteiger partial charge in [0.1, 0.15) is 0 Å². The van der Waals surface area contributed by atoms with Crippen LogP contribution in [0.4, 0.5) is 0 Å². The molecule has 11 heavy (non-hydrogen) atoms.